The summed E-state index contributed by atoms with van der Waals surface area (Å²) in [5.41, 5.74) is 2.24. The Balaban J connectivity index is 1.69. The summed E-state index contributed by atoms with van der Waals surface area (Å²) < 4.78 is 34.4. The lowest BCUT2D eigenvalue weighted by Gasteiger charge is -2.16. The first kappa shape index (κ1) is 17.2. The van der Waals surface area contributed by atoms with Crippen LogP contribution in [0.5, 0.6) is 0 Å². The third-order valence-electron chi connectivity index (χ3n) is 3.82. The van der Waals surface area contributed by atoms with Gasteiger partial charge < -0.3 is 9.26 Å². The zero-order valence-electron chi connectivity index (χ0n) is 13.7. The van der Waals surface area contributed by atoms with E-state index in [0.29, 0.717) is 29.9 Å². The zero-order valence-corrected chi connectivity index (χ0v) is 14.5. The van der Waals surface area contributed by atoms with Crippen molar-refractivity contribution >= 4 is 27.5 Å². The fourth-order valence-corrected chi connectivity index (χ4v) is 3.59. The number of aryl methyl sites for hydroxylation is 1. The molecule has 0 spiro atoms. The van der Waals surface area contributed by atoms with Gasteiger partial charge in [0.1, 0.15) is 0 Å². The van der Waals surface area contributed by atoms with Gasteiger partial charge in [0.05, 0.1) is 17.6 Å². The molecular formula is C16H16N2O6S. The highest BCUT2D eigenvalue weighted by atomic mass is 32.2. The molecule has 9 heteroatoms. The van der Waals surface area contributed by atoms with Crippen LogP contribution in [0.2, 0.25) is 0 Å². The summed E-state index contributed by atoms with van der Waals surface area (Å²) in [6, 6.07) is 6.17. The van der Waals surface area contributed by atoms with Crippen LogP contribution >= 0.6 is 0 Å². The second kappa shape index (κ2) is 6.32. The maximum atomic E-state index is 12.2. The molecule has 0 atom stereocenters. The van der Waals surface area contributed by atoms with Gasteiger partial charge in [-0.2, -0.15) is 0 Å². The fourth-order valence-electron chi connectivity index (χ4n) is 2.63. The number of carbonyl (C=O) groups excluding carboxylic acids is 2. The molecule has 1 aliphatic rings. The van der Waals surface area contributed by atoms with Gasteiger partial charge in [0.2, 0.25) is 15.8 Å². The van der Waals surface area contributed by atoms with E-state index in [1.165, 1.54) is 16.4 Å². The first-order chi connectivity index (χ1) is 11.8. The van der Waals surface area contributed by atoms with Gasteiger partial charge in [-0.05, 0) is 37.1 Å². The van der Waals surface area contributed by atoms with E-state index in [9.17, 15) is 18.0 Å². The molecule has 3 rings (SSSR count). The Morgan fingerprint density at radius 1 is 1.32 bits per heavy atom. The standard InChI is InChI=1S/C16H16N2O6S/c1-10-7-15(24-17-10)16(20)23-9-14(19)12-3-4-13-11(8-12)5-6-18(13)25(2,21)22/h3-4,7-8H,5-6,9H2,1-2H3. The topological polar surface area (TPSA) is 107 Å². The maximum absolute atomic E-state index is 12.2. The molecule has 1 aromatic heterocycles. The van der Waals surface area contributed by atoms with Crippen LogP contribution in [0.25, 0.3) is 0 Å². The van der Waals surface area contributed by atoms with E-state index in [4.69, 9.17) is 9.26 Å². The number of hydrogen-bond acceptors (Lipinski definition) is 7. The SMILES string of the molecule is Cc1cc(C(=O)OCC(=O)c2ccc3c(c2)CCN3S(C)(=O)=O)on1. The Labute approximate surface area is 144 Å². The summed E-state index contributed by atoms with van der Waals surface area (Å²) in [5, 5.41) is 3.57. The molecule has 0 amide bonds. The molecule has 0 unspecified atom stereocenters. The number of ether oxygens (including phenoxy) is 1. The number of carbonyl (C=O) groups is 2. The largest absolute Gasteiger partial charge is 0.451 e. The number of ketones is 1. The lowest BCUT2D eigenvalue weighted by atomic mass is 10.1. The molecule has 132 valence electrons. The minimum absolute atomic E-state index is 0.0666. The Kier molecular flexibility index (Phi) is 4.34. The first-order valence-electron chi connectivity index (χ1n) is 7.50. The van der Waals surface area contributed by atoms with Crippen LogP contribution in [0.1, 0.15) is 32.2 Å². The highest BCUT2D eigenvalue weighted by molar-refractivity contribution is 7.92. The van der Waals surface area contributed by atoms with Crippen molar-refractivity contribution in [2.45, 2.75) is 13.3 Å². The smallest absolute Gasteiger partial charge is 0.377 e. The predicted octanol–water partition coefficient (Wildman–Crippen LogP) is 1.34. The number of benzene rings is 1. The molecule has 2 heterocycles. The van der Waals surface area contributed by atoms with E-state index in [-0.39, 0.29) is 11.5 Å². The van der Waals surface area contributed by atoms with Crippen LogP contribution in [0.15, 0.2) is 28.8 Å². The normalized spacial score (nSPS) is 13.6. The van der Waals surface area contributed by atoms with E-state index >= 15 is 0 Å². The second-order valence-electron chi connectivity index (χ2n) is 5.76. The lowest BCUT2D eigenvalue weighted by Crippen LogP contribution is -2.27. The van der Waals surface area contributed by atoms with Crippen molar-refractivity contribution < 1.29 is 27.3 Å². The quantitative estimate of drug-likeness (QED) is 0.582. The summed E-state index contributed by atoms with van der Waals surface area (Å²) >= 11 is 0. The summed E-state index contributed by atoms with van der Waals surface area (Å²) in [6.45, 7) is 1.58. The monoisotopic (exact) mass is 364 g/mol. The molecule has 0 aliphatic carbocycles. The molecule has 0 bridgehead atoms. The second-order valence-corrected chi connectivity index (χ2v) is 7.67. The molecule has 1 aromatic carbocycles. The molecule has 2 aromatic rings. The Morgan fingerprint density at radius 3 is 2.72 bits per heavy atom. The lowest BCUT2D eigenvalue weighted by molar-refractivity contribution is 0.0435. The molecular weight excluding hydrogens is 348 g/mol. The van der Waals surface area contributed by atoms with Gasteiger partial charge in [0.15, 0.2) is 12.4 Å². The Morgan fingerprint density at radius 2 is 2.08 bits per heavy atom. The molecule has 0 fully saturated rings. The van der Waals surface area contributed by atoms with Gasteiger partial charge in [0.25, 0.3) is 0 Å². The summed E-state index contributed by atoms with van der Waals surface area (Å²) in [5.74, 6) is -1.22. The predicted molar refractivity (Wildman–Crippen MR) is 88.2 cm³/mol. The van der Waals surface area contributed by atoms with E-state index in [1.54, 1.807) is 19.1 Å². The number of Topliss-reactive ketones (excluding diaryl/α,β-unsaturated/α-hetero) is 1. The highest BCUT2D eigenvalue weighted by Gasteiger charge is 2.27. The summed E-state index contributed by atoms with van der Waals surface area (Å²) in [6.07, 6.45) is 1.67. The number of rotatable bonds is 5. The van der Waals surface area contributed by atoms with E-state index < -0.39 is 22.6 Å². The van der Waals surface area contributed by atoms with E-state index in [2.05, 4.69) is 5.16 Å². The van der Waals surface area contributed by atoms with Gasteiger partial charge >= 0.3 is 5.97 Å². The number of nitrogens with zero attached hydrogens (tertiary/aromatic N) is 2. The third-order valence-corrected chi connectivity index (χ3v) is 5.00. The third kappa shape index (κ3) is 3.55. The van der Waals surface area contributed by atoms with Crippen LogP contribution < -0.4 is 4.31 Å². The van der Waals surface area contributed by atoms with Crippen molar-refractivity contribution in [3.8, 4) is 0 Å². The minimum Gasteiger partial charge on any atom is -0.451 e. The number of aromatic nitrogens is 1. The number of anilines is 1. The highest BCUT2D eigenvalue weighted by Crippen LogP contribution is 2.30. The van der Waals surface area contributed by atoms with Crippen molar-refractivity contribution in [2.24, 2.45) is 0 Å². The summed E-state index contributed by atoms with van der Waals surface area (Å²) in [4.78, 5) is 24.0. The Bertz CT molecular complexity index is 947. The van der Waals surface area contributed by atoms with Crippen LogP contribution in [0.3, 0.4) is 0 Å². The van der Waals surface area contributed by atoms with Crippen molar-refractivity contribution in [3.63, 3.8) is 0 Å². The van der Waals surface area contributed by atoms with Gasteiger partial charge in [-0.25, -0.2) is 13.2 Å². The van der Waals surface area contributed by atoms with Gasteiger partial charge in [-0.1, -0.05) is 5.16 Å². The van der Waals surface area contributed by atoms with Crippen LogP contribution in [0, 0.1) is 6.92 Å². The fraction of sp³-hybridized carbons (Fsp3) is 0.312. The molecule has 0 radical (unpaired) electrons. The van der Waals surface area contributed by atoms with Crippen molar-refractivity contribution in [3.05, 3.63) is 46.8 Å². The zero-order chi connectivity index (χ0) is 18.2. The maximum Gasteiger partial charge on any atom is 0.377 e. The molecule has 0 N–H and O–H groups in total. The first-order valence-corrected chi connectivity index (χ1v) is 9.35. The van der Waals surface area contributed by atoms with Crippen molar-refractivity contribution in [2.75, 3.05) is 23.7 Å². The molecule has 25 heavy (non-hydrogen) atoms. The molecule has 0 saturated heterocycles. The number of hydrogen-bond donors (Lipinski definition) is 0. The minimum atomic E-state index is -3.34. The number of sulfonamides is 1. The molecule has 1 aliphatic heterocycles. The van der Waals surface area contributed by atoms with Gasteiger partial charge in [-0.15, -0.1) is 0 Å². The Hall–Kier alpha value is -2.68. The van der Waals surface area contributed by atoms with Crippen LogP contribution in [-0.4, -0.2) is 44.7 Å². The number of esters is 1. The van der Waals surface area contributed by atoms with Crippen LogP contribution in [0.4, 0.5) is 5.69 Å². The van der Waals surface area contributed by atoms with Crippen LogP contribution in [-0.2, 0) is 21.2 Å². The van der Waals surface area contributed by atoms with Crippen molar-refractivity contribution in [1.29, 1.82) is 0 Å². The van der Waals surface area contributed by atoms with E-state index in [1.807, 2.05) is 0 Å². The average Bonchev–Trinajstić information content (AvgIpc) is 3.17. The van der Waals surface area contributed by atoms with E-state index in [0.717, 1.165) is 11.8 Å². The number of fused-ring (bicyclic) bond motifs is 1. The molecule has 0 saturated carbocycles. The summed E-state index contributed by atoms with van der Waals surface area (Å²) in [7, 11) is -3.34. The molecule has 8 nitrogen and oxygen atoms in total. The van der Waals surface area contributed by atoms with Crippen molar-refractivity contribution in [1.82, 2.24) is 5.16 Å². The average molecular weight is 364 g/mol. The van der Waals surface area contributed by atoms with Gasteiger partial charge in [-0.3, -0.25) is 9.10 Å². The van der Waals surface area contributed by atoms with Gasteiger partial charge in [0, 0.05) is 18.2 Å².